The molecule has 0 aliphatic heterocycles. The summed E-state index contributed by atoms with van der Waals surface area (Å²) < 4.78 is 0. The summed E-state index contributed by atoms with van der Waals surface area (Å²) in [6.45, 7) is 20.3. The normalized spacial score (nSPS) is 37.9. The summed E-state index contributed by atoms with van der Waals surface area (Å²) in [5.41, 5.74) is 5.40. The van der Waals surface area contributed by atoms with Gasteiger partial charge in [0.15, 0.2) is 0 Å². The van der Waals surface area contributed by atoms with Crippen LogP contribution in [0.5, 0.6) is 0 Å². The molecule has 6 heteroatoms. The van der Waals surface area contributed by atoms with Crippen LogP contribution in [0.1, 0.15) is 127 Å². The molecule has 0 saturated heterocycles. The summed E-state index contributed by atoms with van der Waals surface area (Å²) >= 11 is 0. The number of carbonyl (C=O) groups is 2. The van der Waals surface area contributed by atoms with E-state index >= 15 is 0 Å². The van der Waals surface area contributed by atoms with Crippen LogP contribution in [0.3, 0.4) is 0 Å². The number of aliphatic hydroxyl groups is 1. The molecule has 0 heterocycles. The first-order chi connectivity index (χ1) is 25.5. The van der Waals surface area contributed by atoms with Crippen LogP contribution in [0.15, 0.2) is 60.7 Å². The Balaban J connectivity index is 1.04. The van der Waals surface area contributed by atoms with Crippen molar-refractivity contribution < 1.29 is 14.7 Å². The molecule has 6 nitrogen and oxygen atoms in total. The van der Waals surface area contributed by atoms with Crippen molar-refractivity contribution >= 4 is 17.5 Å². The maximum absolute atomic E-state index is 14.7. The van der Waals surface area contributed by atoms with E-state index in [4.69, 9.17) is 0 Å². The predicted octanol–water partition coefficient (Wildman–Crippen LogP) is 9.36. The van der Waals surface area contributed by atoms with Gasteiger partial charge in [0.2, 0.25) is 5.91 Å². The van der Waals surface area contributed by atoms with Crippen LogP contribution in [-0.2, 0) is 17.8 Å². The second kappa shape index (κ2) is 14.1. The van der Waals surface area contributed by atoms with E-state index in [0.29, 0.717) is 54.7 Å². The highest BCUT2D eigenvalue weighted by Crippen LogP contribution is 2.77. The van der Waals surface area contributed by atoms with Gasteiger partial charge in [0.25, 0.3) is 5.91 Å². The van der Waals surface area contributed by atoms with Gasteiger partial charge in [0, 0.05) is 38.4 Å². The van der Waals surface area contributed by atoms with Gasteiger partial charge in [-0.2, -0.15) is 0 Å². The average molecular weight is 736 g/mol. The molecule has 0 radical (unpaired) electrons. The molecule has 2 aromatic rings. The summed E-state index contributed by atoms with van der Waals surface area (Å²) in [7, 11) is 4.04. The molecule has 10 atom stereocenters. The van der Waals surface area contributed by atoms with E-state index in [1.165, 1.54) is 31.3 Å². The van der Waals surface area contributed by atoms with Gasteiger partial charge in [-0.05, 0) is 164 Å². The molecule has 294 valence electrons. The number of fused-ring (bicyclic) bond motifs is 7. The molecule has 5 aliphatic carbocycles. The summed E-state index contributed by atoms with van der Waals surface area (Å²) in [5.74, 6) is 2.58. The Morgan fingerprint density at radius 3 is 2.26 bits per heavy atom. The lowest BCUT2D eigenvalue weighted by Gasteiger charge is -2.72. The number of allylic oxidation sites excluding steroid dienone is 1. The predicted molar refractivity (Wildman–Crippen MR) is 220 cm³/mol. The van der Waals surface area contributed by atoms with Gasteiger partial charge in [-0.25, -0.2) is 0 Å². The Morgan fingerprint density at radius 1 is 0.815 bits per heavy atom. The fourth-order valence-electron chi connectivity index (χ4n) is 14.1. The van der Waals surface area contributed by atoms with Gasteiger partial charge in [0.1, 0.15) is 0 Å². The minimum atomic E-state index is -0.346. The Labute approximate surface area is 326 Å². The van der Waals surface area contributed by atoms with Crippen LogP contribution in [-0.4, -0.2) is 43.7 Å². The van der Waals surface area contributed by atoms with Crippen molar-refractivity contribution in [1.82, 2.24) is 10.6 Å². The topological polar surface area (TPSA) is 81.7 Å². The third-order valence-electron chi connectivity index (χ3n) is 17.3. The van der Waals surface area contributed by atoms with Crippen molar-refractivity contribution in [1.29, 1.82) is 0 Å². The van der Waals surface area contributed by atoms with Crippen LogP contribution >= 0.6 is 0 Å². The Kier molecular flexibility index (Phi) is 10.2. The van der Waals surface area contributed by atoms with Crippen LogP contribution in [0.2, 0.25) is 0 Å². The molecule has 0 spiro atoms. The molecular formula is C48H69N3O3. The van der Waals surface area contributed by atoms with Crippen molar-refractivity contribution in [2.75, 3.05) is 25.5 Å². The zero-order valence-corrected chi connectivity index (χ0v) is 34.7. The SMILES string of the molecule is C=C(C)[C@@H]1CC[C@]2(C(=O)NCCc3cccc(C(=O)NCc4ccc(N(C)C)cc4)c3)CC[C@]3(C)C(CCC4[C@@]5(C)CC[C@H](O)C(C)(C)C5CC[C@]43C)C12. The highest BCUT2D eigenvalue weighted by molar-refractivity contribution is 5.94. The van der Waals surface area contributed by atoms with Gasteiger partial charge in [0.05, 0.1) is 11.5 Å². The largest absolute Gasteiger partial charge is 0.393 e. The second-order valence-electron chi connectivity index (χ2n) is 20.2. The molecule has 2 amide bonds. The highest BCUT2D eigenvalue weighted by atomic mass is 16.3. The quantitative estimate of drug-likeness (QED) is 0.224. The van der Waals surface area contributed by atoms with E-state index in [2.05, 4.69) is 94.0 Å². The Morgan fingerprint density at radius 2 is 1.56 bits per heavy atom. The highest BCUT2D eigenvalue weighted by Gasteiger charge is 2.71. The van der Waals surface area contributed by atoms with Gasteiger partial charge in [-0.1, -0.05) is 71.0 Å². The van der Waals surface area contributed by atoms with Crippen LogP contribution < -0.4 is 15.5 Å². The Hall–Kier alpha value is -3.12. The number of nitrogens with zero attached hydrogens (tertiary/aromatic N) is 1. The molecule has 5 aliphatic rings. The van der Waals surface area contributed by atoms with E-state index in [-0.39, 0.29) is 45.0 Å². The summed E-state index contributed by atoms with van der Waals surface area (Å²) in [5, 5.41) is 17.7. The number of amides is 2. The van der Waals surface area contributed by atoms with Crippen molar-refractivity contribution in [2.24, 2.45) is 56.7 Å². The summed E-state index contributed by atoms with van der Waals surface area (Å²) in [6.07, 6.45) is 11.5. The molecule has 2 aromatic carbocycles. The van der Waals surface area contributed by atoms with E-state index in [1.807, 2.05) is 32.3 Å². The first-order valence-electron chi connectivity index (χ1n) is 21.2. The number of nitrogens with one attached hydrogen (secondary N) is 2. The minimum Gasteiger partial charge on any atom is -0.393 e. The fourth-order valence-corrected chi connectivity index (χ4v) is 14.1. The zero-order valence-electron chi connectivity index (χ0n) is 34.7. The molecule has 4 unspecified atom stereocenters. The van der Waals surface area contributed by atoms with E-state index < -0.39 is 0 Å². The summed E-state index contributed by atoms with van der Waals surface area (Å²) in [6, 6.07) is 16.1. The standard InChI is InChI=1S/C48H69N3O3/c1-31(2)36-19-25-48(43(54)49-28-22-32-11-10-12-34(29-32)42(53)50-30-33-13-15-35(16-14-33)51(8)9)27-26-46(6)37(41(36)48)17-18-39-45(5)23-21-40(52)44(3,4)38(45)20-24-47(39,46)7/h10-16,29,36-41,52H,1,17-28,30H2,2-9H3,(H,49,54)(H,50,53)/t36-,37?,38?,39?,40-,41?,45-,46+,47+,48-/m0/s1. The van der Waals surface area contributed by atoms with Crippen molar-refractivity contribution in [3.8, 4) is 0 Å². The van der Waals surface area contributed by atoms with Crippen LogP contribution in [0.4, 0.5) is 5.69 Å². The number of carbonyl (C=O) groups excluding carboxylic acids is 2. The fraction of sp³-hybridized carbons (Fsp3) is 0.667. The average Bonchev–Trinajstić information content (AvgIpc) is 3.54. The first kappa shape index (κ1) is 39.1. The molecule has 7 rings (SSSR count). The van der Waals surface area contributed by atoms with Crippen molar-refractivity contribution in [3.63, 3.8) is 0 Å². The Bertz CT molecular complexity index is 1750. The van der Waals surface area contributed by atoms with E-state index in [0.717, 1.165) is 55.3 Å². The molecule has 0 bridgehead atoms. The number of hydrogen-bond donors (Lipinski definition) is 3. The van der Waals surface area contributed by atoms with E-state index in [9.17, 15) is 14.7 Å². The van der Waals surface area contributed by atoms with Gasteiger partial charge < -0.3 is 20.6 Å². The number of hydrogen-bond acceptors (Lipinski definition) is 4. The maximum atomic E-state index is 14.7. The lowest BCUT2D eigenvalue weighted by Crippen LogP contribution is -2.67. The van der Waals surface area contributed by atoms with Gasteiger partial charge in [-0.15, -0.1) is 0 Å². The van der Waals surface area contributed by atoms with Gasteiger partial charge >= 0.3 is 0 Å². The molecule has 5 saturated carbocycles. The number of aliphatic hydroxyl groups excluding tert-OH is 1. The second-order valence-corrected chi connectivity index (χ2v) is 20.2. The van der Waals surface area contributed by atoms with E-state index in [1.54, 1.807) is 0 Å². The first-order valence-corrected chi connectivity index (χ1v) is 21.2. The monoisotopic (exact) mass is 736 g/mol. The van der Waals surface area contributed by atoms with Gasteiger partial charge in [-0.3, -0.25) is 9.59 Å². The summed E-state index contributed by atoms with van der Waals surface area (Å²) in [4.78, 5) is 29.8. The molecular weight excluding hydrogens is 667 g/mol. The molecule has 3 N–H and O–H groups in total. The van der Waals surface area contributed by atoms with Crippen molar-refractivity contribution in [2.45, 2.75) is 125 Å². The lowest BCUT2D eigenvalue weighted by molar-refractivity contribution is -0.246. The lowest BCUT2D eigenvalue weighted by atomic mass is 9.32. The number of anilines is 1. The molecule has 5 fully saturated rings. The smallest absolute Gasteiger partial charge is 0.251 e. The minimum absolute atomic E-state index is 0.0462. The maximum Gasteiger partial charge on any atom is 0.251 e. The molecule has 54 heavy (non-hydrogen) atoms. The van der Waals surface area contributed by atoms with Crippen molar-refractivity contribution in [3.05, 3.63) is 77.4 Å². The third kappa shape index (κ3) is 6.16. The van der Waals surface area contributed by atoms with Crippen LogP contribution in [0.25, 0.3) is 0 Å². The number of rotatable bonds is 9. The third-order valence-corrected chi connectivity index (χ3v) is 17.3. The van der Waals surface area contributed by atoms with Crippen LogP contribution in [0, 0.1) is 56.7 Å². The molecule has 0 aromatic heterocycles. The number of benzene rings is 2. The zero-order chi connectivity index (χ0) is 38.8.